The molecule has 1 aliphatic rings. The maximum absolute atomic E-state index is 13.6. The Kier molecular flexibility index (Phi) is 6.54. The van der Waals surface area contributed by atoms with Gasteiger partial charge < -0.3 is 15.5 Å². The Hall–Kier alpha value is -1.69. The number of halogens is 1. The van der Waals surface area contributed by atoms with Crippen molar-refractivity contribution in [3.05, 3.63) is 35.6 Å². The molecule has 2 rings (SSSR count). The fraction of sp³-hybridized carbons (Fsp3) is 0.556. The number of carbonyl (C=O) groups excluding carboxylic acids is 1. The predicted octanol–water partition coefficient (Wildman–Crippen LogP) is 2.65. The first-order chi connectivity index (χ1) is 11.4. The van der Waals surface area contributed by atoms with Gasteiger partial charge in [-0.3, -0.25) is 4.79 Å². The molecule has 1 amide bonds. The van der Waals surface area contributed by atoms with E-state index in [0.29, 0.717) is 24.7 Å². The molecule has 1 aromatic carbocycles. The van der Waals surface area contributed by atoms with E-state index in [4.69, 9.17) is 12.2 Å². The second-order valence-corrected chi connectivity index (χ2v) is 6.95. The van der Waals surface area contributed by atoms with Crippen molar-refractivity contribution < 1.29 is 9.18 Å². The summed E-state index contributed by atoms with van der Waals surface area (Å²) in [6.07, 6.45) is 0.889. The number of nitrogens with one attached hydrogen (secondary N) is 2. The molecule has 1 fully saturated rings. The van der Waals surface area contributed by atoms with Crippen LogP contribution < -0.4 is 10.6 Å². The summed E-state index contributed by atoms with van der Waals surface area (Å²) < 4.78 is 13.6. The first-order valence-corrected chi connectivity index (χ1v) is 8.91. The zero-order valence-corrected chi connectivity index (χ0v) is 15.3. The van der Waals surface area contributed by atoms with Crippen LogP contribution in [0.15, 0.2) is 24.3 Å². The van der Waals surface area contributed by atoms with Crippen molar-refractivity contribution in [2.75, 3.05) is 19.6 Å². The van der Waals surface area contributed by atoms with Gasteiger partial charge in [0.05, 0.1) is 5.92 Å². The second kappa shape index (κ2) is 8.42. The van der Waals surface area contributed by atoms with Crippen LogP contribution in [0.2, 0.25) is 0 Å². The van der Waals surface area contributed by atoms with Gasteiger partial charge in [-0.25, -0.2) is 4.39 Å². The minimum atomic E-state index is -0.276. The van der Waals surface area contributed by atoms with Gasteiger partial charge in [0.25, 0.3) is 0 Å². The van der Waals surface area contributed by atoms with Gasteiger partial charge in [0.2, 0.25) is 5.91 Å². The van der Waals surface area contributed by atoms with Crippen LogP contribution in [0, 0.1) is 11.7 Å². The Morgan fingerprint density at radius 3 is 2.79 bits per heavy atom. The number of amides is 1. The number of rotatable bonds is 5. The molecule has 0 bridgehead atoms. The van der Waals surface area contributed by atoms with Crippen LogP contribution >= 0.6 is 12.2 Å². The van der Waals surface area contributed by atoms with Gasteiger partial charge in [-0.2, -0.15) is 0 Å². The molecule has 1 aromatic rings. The number of benzene rings is 1. The molecule has 132 valence electrons. The molecule has 4 nitrogen and oxygen atoms in total. The Morgan fingerprint density at radius 1 is 1.42 bits per heavy atom. The summed E-state index contributed by atoms with van der Waals surface area (Å²) in [5.41, 5.74) is 0.849. The van der Waals surface area contributed by atoms with Crippen molar-refractivity contribution in [1.82, 2.24) is 15.5 Å². The van der Waals surface area contributed by atoms with Gasteiger partial charge in [-0.05, 0) is 50.2 Å². The van der Waals surface area contributed by atoms with Crippen LogP contribution in [0.4, 0.5) is 4.39 Å². The summed E-state index contributed by atoms with van der Waals surface area (Å²) in [7, 11) is 0. The normalized spacial score (nSPS) is 20.3. The zero-order valence-electron chi connectivity index (χ0n) is 14.5. The SMILES string of the molecule is CCCNC(=O)[C@H]1CN(C(=S)NC(C)C)C[C@H]1c1cccc(F)c1. The summed E-state index contributed by atoms with van der Waals surface area (Å²) in [5.74, 6) is -0.558. The monoisotopic (exact) mass is 351 g/mol. The fourth-order valence-electron chi connectivity index (χ4n) is 3.03. The first kappa shape index (κ1) is 18.6. The van der Waals surface area contributed by atoms with Gasteiger partial charge in [0.1, 0.15) is 5.82 Å². The van der Waals surface area contributed by atoms with Crippen molar-refractivity contribution in [3.63, 3.8) is 0 Å². The largest absolute Gasteiger partial charge is 0.360 e. The average Bonchev–Trinajstić information content (AvgIpc) is 2.97. The third-order valence-corrected chi connectivity index (χ3v) is 4.56. The molecule has 0 aromatic heterocycles. The maximum atomic E-state index is 13.6. The molecule has 0 unspecified atom stereocenters. The van der Waals surface area contributed by atoms with Crippen molar-refractivity contribution in [3.8, 4) is 0 Å². The highest BCUT2D eigenvalue weighted by atomic mass is 32.1. The van der Waals surface area contributed by atoms with Crippen molar-refractivity contribution in [2.45, 2.75) is 39.2 Å². The number of hydrogen-bond donors (Lipinski definition) is 2. The summed E-state index contributed by atoms with van der Waals surface area (Å²) >= 11 is 5.45. The number of thiocarbonyl (C=S) groups is 1. The quantitative estimate of drug-likeness (QED) is 0.801. The van der Waals surface area contributed by atoms with E-state index in [1.54, 1.807) is 6.07 Å². The van der Waals surface area contributed by atoms with Crippen molar-refractivity contribution in [1.29, 1.82) is 0 Å². The molecule has 24 heavy (non-hydrogen) atoms. The van der Waals surface area contributed by atoms with Gasteiger partial charge in [0.15, 0.2) is 5.11 Å². The van der Waals surface area contributed by atoms with Crippen molar-refractivity contribution in [2.24, 2.45) is 5.92 Å². The standard InChI is InChI=1S/C18H26FN3OS/c1-4-8-20-17(23)16-11-22(18(24)21-12(2)3)10-15(16)13-6-5-7-14(19)9-13/h5-7,9,12,15-16H,4,8,10-11H2,1-3H3,(H,20,23)(H,21,24)/t15-,16-/m0/s1. The van der Waals surface area contributed by atoms with Crippen LogP contribution in [-0.2, 0) is 4.79 Å². The molecule has 0 aliphatic carbocycles. The van der Waals surface area contributed by atoms with Gasteiger partial charge in [0, 0.05) is 31.6 Å². The van der Waals surface area contributed by atoms with E-state index >= 15 is 0 Å². The minimum Gasteiger partial charge on any atom is -0.360 e. The average molecular weight is 351 g/mol. The molecular formula is C18H26FN3OS. The van der Waals surface area contributed by atoms with Gasteiger partial charge in [-0.1, -0.05) is 19.1 Å². The lowest BCUT2D eigenvalue weighted by molar-refractivity contribution is -0.124. The third kappa shape index (κ3) is 4.66. The predicted molar refractivity (Wildman–Crippen MR) is 98.4 cm³/mol. The molecule has 1 saturated heterocycles. The van der Waals surface area contributed by atoms with Crippen molar-refractivity contribution >= 4 is 23.2 Å². The Balaban J connectivity index is 2.20. The molecule has 0 saturated carbocycles. The second-order valence-electron chi connectivity index (χ2n) is 6.57. The minimum absolute atomic E-state index is 0.0148. The van der Waals surface area contributed by atoms with Crippen LogP contribution in [0.5, 0.6) is 0 Å². The fourth-order valence-corrected chi connectivity index (χ4v) is 3.41. The Morgan fingerprint density at radius 2 is 2.17 bits per heavy atom. The van der Waals surface area contributed by atoms with Crippen LogP contribution in [-0.4, -0.2) is 41.6 Å². The molecule has 6 heteroatoms. The highest BCUT2D eigenvalue weighted by molar-refractivity contribution is 7.80. The Bertz CT molecular complexity index is 593. The summed E-state index contributed by atoms with van der Waals surface area (Å²) in [6, 6.07) is 6.76. The first-order valence-electron chi connectivity index (χ1n) is 8.51. The summed E-state index contributed by atoms with van der Waals surface area (Å²) in [6.45, 7) is 7.89. The molecule has 2 N–H and O–H groups in total. The van der Waals surface area contributed by atoms with Gasteiger partial charge in [-0.15, -0.1) is 0 Å². The summed E-state index contributed by atoms with van der Waals surface area (Å²) in [4.78, 5) is 14.6. The topological polar surface area (TPSA) is 44.4 Å². The van der Waals surface area contributed by atoms with E-state index < -0.39 is 0 Å². The number of hydrogen-bond acceptors (Lipinski definition) is 2. The van der Waals surface area contributed by atoms with E-state index in [1.807, 2.05) is 31.7 Å². The van der Waals surface area contributed by atoms with Gasteiger partial charge >= 0.3 is 0 Å². The highest BCUT2D eigenvalue weighted by Crippen LogP contribution is 2.33. The maximum Gasteiger partial charge on any atom is 0.225 e. The lowest BCUT2D eigenvalue weighted by atomic mass is 9.88. The molecule has 0 radical (unpaired) electrons. The zero-order chi connectivity index (χ0) is 17.7. The number of carbonyl (C=O) groups is 1. The molecule has 0 spiro atoms. The van der Waals surface area contributed by atoms with Crippen LogP contribution in [0.25, 0.3) is 0 Å². The molecule has 1 aliphatic heterocycles. The molecule has 1 heterocycles. The van der Waals surface area contributed by atoms with Crippen LogP contribution in [0.1, 0.15) is 38.7 Å². The number of likely N-dealkylation sites (tertiary alicyclic amines) is 1. The molecular weight excluding hydrogens is 325 g/mol. The third-order valence-electron chi connectivity index (χ3n) is 4.18. The van der Waals surface area contributed by atoms with E-state index in [9.17, 15) is 9.18 Å². The van der Waals surface area contributed by atoms with E-state index in [-0.39, 0.29) is 29.6 Å². The molecule has 2 atom stereocenters. The smallest absolute Gasteiger partial charge is 0.225 e. The lowest BCUT2D eigenvalue weighted by Gasteiger charge is -2.22. The Labute approximate surface area is 148 Å². The highest BCUT2D eigenvalue weighted by Gasteiger charge is 2.39. The van der Waals surface area contributed by atoms with E-state index in [1.165, 1.54) is 12.1 Å². The number of nitrogens with zero attached hydrogens (tertiary/aromatic N) is 1. The van der Waals surface area contributed by atoms with Crippen LogP contribution in [0.3, 0.4) is 0 Å². The lowest BCUT2D eigenvalue weighted by Crippen LogP contribution is -2.42. The summed E-state index contributed by atoms with van der Waals surface area (Å²) in [5, 5.41) is 6.84. The van der Waals surface area contributed by atoms with E-state index in [2.05, 4.69) is 10.6 Å². The van der Waals surface area contributed by atoms with E-state index in [0.717, 1.165) is 12.0 Å².